The van der Waals surface area contributed by atoms with E-state index in [0.717, 1.165) is 0 Å². The van der Waals surface area contributed by atoms with Crippen LogP contribution >= 0.6 is 24.4 Å². The molecular weight excluding hydrogens is 180 g/mol. The first-order chi connectivity index (χ1) is 5.07. The molecule has 4 heteroatoms. The molecule has 0 aromatic carbocycles. The number of hydrogen-bond donors (Lipinski definition) is 0. The molecule has 0 saturated heterocycles. The monoisotopic (exact) mass is 188 g/mol. The second-order valence-electron chi connectivity index (χ2n) is 1.94. The third-order valence-electron chi connectivity index (χ3n) is 0.825. The van der Waals surface area contributed by atoms with Crippen LogP contribution in [0.25, 0.3) is 0 Å². The second-order valence-corrected chi connectivity index (χ2v) is 2.70. The zero-order valence-corrected chi connectivity index (χ0v) is 7.76. The van der Waals surface area contributed by atoms with Gasteiger partial charge in [0.25, 0.3) is 0 Å². The highest BCUT2D eigenvalue weighted by molar-refractivity contribution is 7.88. The fraction of sp³-hybridized carbons (Fsp3) is 0.286. The second kappa shape index (κ2) is 5.09. The van der Waals surface area contributed by atoms with Crippen molar-refractivity contribution in [1.29, 1.82) is 0 Å². The van der Waals surface area contributed by atoms with Crippen molar-refractivity contribution in [3.05, 3.63) is 12.2 Å². The molecule has 0 aromatic heterocycles. The van der Waals surface area contributed by atoms with Gasteiger partial charge in [-0.25, -0.2) is 4.79 Å². The van der Waals surface area contributed by atoms with Gasteiger partial charge in [-0.1, -0.05) is 31.0 Å². The van der Waals surface area contributed by atoms with E-state index in [1.54, 1.807) is 6.92 Å². The van der Waals surface area contributed by atoms with E-state index >= 15 is 0 Å². The highest BCUT2D eigenvalue weighted by Gasteiger charge is 2.02. The van der Waals surface area contributed by atoms with Crippen molar-refractivity contribution in [2.75, 3.05) is 6.61 Å². The lowest BCUT2D eigenvalue weighted by atomic mass is 10.4. The van der Waals surface area contributed by atoms with Crippen LogP contribution in [-0.4, -0.2) is 22.8 Å². The van der Waals surface area contributed by atoms with E-state index < -0.39 is 5.97 Å². The number of carbonyl (C=O) groups is 1. The fourth-order valence-electron chi connectivity index (χ4n) is 0.294. The van der Waals surface area contributed by atoms with Crippen molar-refractivity contribution < 1.29 is 9.53 Å². The maximum Gasteiger partial charge on any atom is 0.333 e. The van der Waals surface area contributed by atoms with Crippen molar-refractivity contribution in [2.45, 2.75) is 6.92 Å². The van der Waals surface area contributed by atoms with E-state index in [0.29, 0.717) is 10.4 Å². The van der Waals surface area contributed by atoms with Crippen LogP contribution in [0.2, 0.25) is 0 Å². The van der Waals surface area contributed by atoms with E-state index in [4.69, 9.17) is 12.2 Å². The van der Waals surface area contributed by atoms with E-state index in [1.807, 2.05) is 0 Å². The molecule has 0 N–H and O–H groups in total. The van der Waals surface area contributed by atoms with Gasteiger partial charge in [0, 0.05) is 10.9 Å². The summed E-state index contributed by atoms with van der Waals surface area (Å²) in [5.74, 6) is -0.441. The van der Waals surface area contributed by atoms with Gasteiger partial charge in [0.2, 0.25) is 0 Å². The van der Waals surface area contributed by atoms with E-state index in [2.05, 4.69) is 23.5 Å². The maximum atomic E-state index is 10.7. The van der Waals surface area contributed by atoms with Gasteiger partial charge in [0.05, 0.1) is 4.86 Å². The van der Waals surface area contributed by atoms with Crippen molar-refractivity contribution >= 4 is 40.6 Å². The largest absolute Gasteiger partial charge is 0.457 e. The van der Waals surface area contributed by atoms with E-state index in [9.17, 15) is 4.79 Å². The van der Waals surface area contributed by atoms with Crippen LogP contribution in [-0.2, 0) is 9.53 Å². The minimum atomic E-state index is -0.441. The normalized spacial score (nSPS) is 8.45. The van der Waals surface area contributed by atoms with E-state index in [1.165, 1.54) is 5.37 Å². The molecule has 60 valence electrons. The topological polar surface area (TPSA) is 26.3 Å². The van der Waals surface area contributed by atoms with Gasteiger partial charge in [0.1, 0.15) is 6.61 Å². The zero-order chi connectivity index (χ0) is 8.85. The molecule has 0 aromatic rings. The van der Waals surface area contributed by atoms with Crippen molar-refractivity contribution in [3.8, 4) is 0 Å². The molecule has 0 saturated carbocycles. The molecule has 0 amide bonds. The summed E-state index contributed by atoms with van der Waals surface area (Å²) in [6, 6.07) is 0. The molecule has 11 heavy (non-hydrogen) atoms. The van der Waals surface area contributed by atoms with Crippen LogP contribution in [0.3, 0.4) is 0 Å². The zero-order valence-electron chi connectivity index (χ0n) is 6.12. The maximum absolute atomic E-state index is 10.7. The number of thiocarbonyl (C=S) groups is 2. The third-order valence-corrected chi connectivity index (χ3v) is 1.49. The molecule has 0 aliphatic carbocycles. The van der Waals surface area contributed by atoms with Gasteiger partial charge in [-0.05, 0) is 6.92 Å². The Balaban J connectivity index is 3.71. The fourth-order valence-corrected chi connectivity index (χ4v) is 0.421. The van der Waals surface area contributed by atoms with Gasteiger partial charge < -0.3 is 4.74 Å². The van der Waals surface area contributed by atoms with Crippen LogP contribution in [0.4, 0.5) is 0 Å². The Morgan fingerprint density at radius 1 is 1.73 bits per heavy atom. The predicted molar refractivity (Wildman–Crippen MR) is 52.0 cm³/mol. The summed E-state index contributed by atoms with van der Waals surface area (Å²) < 4.78 is 4.68. The van der Waals surface area contributed by atoms with Gasteiger partial charge in [-0.3, -0.25) is 0 Å². The van der Waals surface area contributed by atoms with Crippen molar-refractivity contribution in [1.82, 2.24) is 0 Å². The SMILES string of the molecule is C=C(C)C(=O)OCC(=S)C=S. The Labute approximate surface area is 76.2 Å². The van der Waals surface area contributed by atoms with Crippen LogP contribution in [0, 0.1) is 0 Å². The summed E-state index contributed by atoms with van der Waals surface area (Å²) in [4.78, 5) is 11.2. The predicted octanol–water partition coefficient (Wildman–Crippen LogP) is 1.48. The summed E-state index contributed by atoms with van der Waals surface area (Å²) in [6.07, 6.45) is 0. The Kier molecular flexibility index (Phi) is 4.81. The molecule has 0 radical (unpaired) electrons. The summed E-state index contributed by atoms with van der Waals surface area (Å²) in [5, 5.41) is 1.31. The quantitative estimate of drug-likeness (QED) is 0.379. The van der Waals surface area contributed by atoms with Gasteiger partial charge in [-0.15, -0.1) is 0 Å². The standard InChI is InChI=1S/C7H8O2S2/c1-5(2)7(8)9-3-6(11)4-10/h4H,1,3H2,2H3. The lowest BCUT2D eigenvalue weighted by Gasteiger charge is -2.00. The number of esters is 1. The molecule has 0 atom stereocenters. The van der Waals surface area contributed by atoms with Crippen LogP contribution in [0.1, 0.15) is 6.92 Å². The van der Waals surface area contributed by atoms with Crippen LogP contribution in [0.15, 0.2) is 12.2 Å². The number of hydrogen-bond acceptors (Lipinski definition) is 4. The molecule has 0 spiro atoms. The first kappa shape index (κ1) is 10.4. The number of ether oxygens (including phenoxy) is 1. The summed E-state index contributed by atoms with van der Waals surface area (Å²) >= 11 is 9.21. The first-order valence-corrected chi connectivity index (χ1v) is 3.76. The molecule has 0 heterocycles. The highest BCUT2D eigenvalue weighted by atomic mass is 32.1. The average Bonchev–Trinajstić information content (AvgIpc) is 1.99. The Morgan fingerprint density at radius 3 is 2.64 bits per heavy atom. The van der Waals surface area contributed by atoms with Gasteiger partial charge in [-0.2, -0.15) is 0 Å². The average molecular weight is 188 g/mol. The molecule has 0 fully saturated rings. The summed E-state index contributed by atoms with van der Waals surface area (Å²) in [6.45, 7) is 5.05. The molecular formula is C7H8O2S2. The molecule has 0 aliphatic heterocycles. The molecule has 0 bridgehead atoms. The molecule has 0 rings (SSSR count). The third kappa shape index (κ3) is 4.75. The molecule has 2 nitrogen and oxygen atoms in total. The molecule has 0 unspecified atom stereocenters. The van der Waals surface area contributed by atoms with Gasteiger partial charge in [0.15, 0.2) is 0 Å². The Hall–Kier alpha value is -0.610. The Morgan fingerprint density at radius 2 is 2.27 bits per heavy atom. The number of rotatable bonds is 4. The summed E-state index contributed by atoms with van der Waals surface area (Å²) in [5.41, 5.74) is 0.358. The lowest BCUT2D eigenvalue weighted by Crippen LogP contribution is -2.12. The lowest BCUT2D eigenvalue weighted by molar-refractivity contribution is -0.137. The first-order valence-electron chi connectivity index (χ1n) is 2.88. The summed E-state index contributed by atoms with van der Waals surface area (Å²) in [7, 11) is 0. The van der Waals surface area contributed by atoms with Crippen molar-refractivity contribution in [2.24, 2.45) is 0 Å². The van der Waals surface area contributed by atoms with E-state index in [-0.39, 0.29) is 6.61 Å². The van der Waals surface area contributed by atoms with Crippen LogP contribution in [0.5, 0.6) is 0 Å². The minimum Gasteiger partial charge on any atom is -0.457 e. The highest BCUT2D eigenvalue weighted by Crippen LogP contribution is 1.91. The smallest absolute Gasteiger partial charge is 0.333 e. The number of carbonyl (C=O) groups excluding carboxylic acids is 1. The molecule has 0 aliphatic rings. The Bertz CT molecular complexity index is 208. The van der Waals surface area contributed by atoms with Crippen molar-refractivity contribution in [3.63, 3.8) is 0 Å². The minimum absolute atomic E-state index is 0.0739. The van der Waals surface area contributed by atoms with Gasteiger partial charge >= 0.3 is 5.97 Å². The van der Waals surface area contributed by atoms with Crippen LogP contribution < -0.4 is 0 Å².